The van der Waals surface area contributed by atoms with Crippen LogP contribution in [-0.4, -0.2) is 22.7 Å². The molecule has 0 aliphatic carbocycles. The number of carbonyl (C=O) groups excluding carboxylic acids is 1. The molecule has 1 rings (SSSR count). The van der Waals surface area contributed by atoms with Gasteiger partial charge in [0, 0.05) is 0 Å². The Bertz CT molecular complexity index is 257. The Balaban J connectivity index is 2.42. The van der Waals surface area contributed by atoms with Crippen LogP contribution in [0.2, 0.25) is 0 Å². The fourth-order valence-corrected chi connectivity index (χ4v) is 0.869. The summed E-state index contributed by atoms with van der Waals surface area (Å²) < 4.78 is 9.31. The fourth-order valence-electron chi connectivity index (χ4n) is 0.869. The van der Waals surface area contributed by atoms with Gasteiger partial charge >= 0.3 is 5.97 Å². The second-order valence-corrected chi connectivity index (χ2v) is 2.44. The van der Waals surface area contributed by atoms with Crippen molar-refractivity contribution in [2.24, 2.45) is 0 Å². The number of hydrogen-bond donors (Lipinski definition) is 1. The number of hydrogen-bond acceptors (Lipinski definition) is 5. The largest absolute Gasteiger partial charge is 0.466 e. The number of rotatable bonds is 4. The van der Waals surface area contributed by atoms with Gasteiger partial charge in [-0.3, -0.25) is 4.79 Å². The van der Waals surface area contributed by atoms with Crippen molar-refractivity contribution in [3.63, 3.8) is 0 Å². The van der Waals surface area contributed by atoms with E-state index in [1.807, 2.05) is 0 Å². The maximum atomic E-state index is 10.9. The van der Waals surface area contributed by atoms with Crippen LogP contribution in [0.4, 0.5) is 0 Å². The lowest BCUT2D eigenvalue weighted by Gasteiger charge is -2.05. The van der Waals surface area contributed by atoms with Gasteiger partial charge in [-0.2, -0.15) is 0 Å². The monoisotopic (exact) mass is 185 g/mol. The van der Waals surface area contributed by atoms with E-state index < -0.39 is 12.1 Å². The van der Waals surface area contributed by atoms with Crippen molar-refractivity contribution in [1.29, 1.82) is 0 Å². The van der Waals surface area contributed by atoms with E-state index in [4.69, 9.17) is 0 Å². The molecule has 0 aliphatic heterocycles. The average Bonchev–Trinajstić information content (AvgIpc) is 2.55. The maximum Gasteiger partial charge on any atom is 0.308 e. The van der Waals surface area contributed by atoms with Crippen LogP contribution < -0.4 is 0 Å². The van der Waals surface area contributed by atoms with Crippen molar-refractivity contribution in [3.05, 3.63) is 18.4 Å². The van der Waals surface area contributed by atoms with E-state index in [9.17, 15) is 9.90 Å². The zero-order chi connectivity index (χ0) is 9.68. The number of nitrogens with zero attached hydrogens (tertiary/aromatic N) is 1. The van der Waals surface area contributed by atoms with Crippen molar-refractivity contribution in [2.75, 3.05) is 6.61 Å². The first-order valence-corrected chi connectivity index (χ1v) is 3.95. The summed E-state index contributed by atoms with van der Waals surface area (Å²) in [5.41, 5.74) is 0.341. The molecule has 1 aromatic heterocycles. The second kappa shape index (κ2) is 4.61. The van der Waals surface area contributed by atoms with E-state index >= 15 is 0 Å². The number of carbonyl (C=O) groups is 1. The standard InChI is InChI=1S/C8H11NO4/c1-2-13-8(11)3-7(10)6-4-12-5-9-6/h4-5,7,10H,2-3H2,1H3. The predicted octanol–water partition coefficient (Wildman–Crippen LogP) is 0.661. The lowest BCUT2D eigenvalue weighted by atomic mass is 10.2. The van der Waals surface area contributed by atoms with Crippen molar-refractivity contribution < 1.29 is 19.1 Å². The molecule has 0 amide bonds. The number of aliphatic hydroxyl groups excluding tert-OH is 1. The molecule has 0 aromatic carbocycles. The van der Waals surface area contributed by atoms with Gasteiger partial charge in [0.1, 0.15) is 18.1 Å². The Hall–Kier alpha value is -1.36. The van der Waals surface area contributed by atoms with Gasteiger partial charge in [-0.25, -0.2) is 4.98 Å². The molecule has 1 aromatic rings. The summed E-state index contributed by atoms with van der Waals surface area (Å²) in [6, 6.07) is 0. The molecule has 0 radical (unpaired) electrons. The third-order valence-corrected chi connectivity index (χ3v) is 1.46. The molecule has 0 bridgehead atoms. The average molecular weight is 185 g/mol. The van der Waals surface area contributed by atoms with Crippen LogP contribution in [0.1, 0.15) is 25.1 Å². The third-order valence-electron chi connectivity index (χ3n) is 1.46. The molecular formula is C8H11NO4. The van der Waals surface area contributed by atoms with Gasteiger partial charge in [-0.05, 0) is 6.92 Å². The van der Waals surface area contributed by atoms with Gasteiger partial charge in [-0.1, -0.05) is 0 Å². The van der Waals surface area contributed by atoms with Crippen molar-refractivity contribution in [2.45, 2.75) is 19.4 Å². The Kier molecular flexibility index (Phi) is 3.45. The van der Waals surface area contributed by atoms with E-state index in [-0.39, 0.29) is 6.42 Å². The zero-order valence-electron chi connectivity index (χ0n) is 7.27. The number of esters is 1. The highest BCUT2D eigenvalue weighted by atomic mass is 16.5. The maximum absolute atomic E-state index is 10.9. The van der Waals surface area contributed by atoms with Crippen LogP contribution in [0.5, 0.6) is 0 Å². The summed E-state index contributed by atoms with van der Waals surface area (Å²) in [6.45, 7) is 2.02. The summed E-state index contributed by atoms with van der Waals surface area (Å²) in [7, 11) is 0. The molecule has 72 valence electrons. The van der Waals surface area contributed by atoms with Crippen LogP contribution in [0.15, 0.2) is 17.1 Å². The highest BCUT2D eigenvalue weighted by Crippen LogP contribution is 2.14. The van der Waals surface area contributed by atoms with E-state index in [0.29, 0.717) is 12.3 Å². The predicted molar refractivity (Wildman–Crippen MR) is 42.7 cm³/mol. The molecule has 0 aliphatic rings. The van der Waals surface area contributed by atoms with Crippen LogP contribution in [0, 0.1) is 0 Å². The Labute approximate surface area is 75.3 Å². The molecule has 1 N–H and O–H groups in total. The highest BCUT2D eigenvalue weighted by molar-refractivity contribution is 5.70. The molecular weight excluding hydrogens is 174 g/mol. The summed E-state index contributed by atoms with van der Waals surface area (Å²) in [4.78, 5) is 14.6. The second-order valence-electron chi connectivity index (χ2n) is 2.44. The van der Waals surface area contributed by atoms with Crippen molar-refractivity contribution in [3.8, 4) is 0 Å². The van der Waals surface area contributed by atoms with E-state index in [2.05, 4.69) is 14.1 Å². The minimum absolute atomic E-state index is 0.0969. The Morgan fingerprint density at radius 2 is 2.62 bits per heavy atom. The SMILES string of the molecule is CCOC(=O)CC(O)c1cocn1. The molecule has 5 nitrogen and oxygen atoms in total. The Morgan fingerprint density at radius 3 is 3.15 bits per heavy atom. The van der Waals surface area contributed by atoms with Crippen LogP contribution in [-0.2, 0) is 9.53 Å². The first-order chi connectivity index (χ1) is 6.24. The zero-order valence-corrected chi connectivity index (χ0v) is 7.27. The number of oxazole rings is 1. The smallest absolute Gasteiger partial charge is 0.308 e. The third kappa shape index (κ3) is 2.87. The lowest BCUT2D eigenvalue weighted by Crippen LogP contribution is -2.10. The van der Waals surface area contributed by atoms with Gasteiger partial charge in [-0.15, -0.1) is 0 Å². The summed E-state index contributed by atoms with van der Waals surface area (Å²) in [5.74, 6) is -0.446. The summed E-state index contributed by atoms with van der Waals surface area (Å²) >= 11 is 0. The van der Waals surface area contributed by atoms with Crippen molar-refractivity contribution in [1.82, 2.24) is 4.98 Å². The lowest BCUT2D eigenvalue weighted by molar-refractivity contribution is -0.145. The Morgan fingerprint density at radius 1 is 1.85 bits per heavy atom. The molecule has 0 saturated carbocycles. The van der Waals surface area contributed by atoms with Gasteiger partial charge in [0.2, 0.25) is 0 Å². The quantitative estimate of drug-likeness (QED) is 0.697. The molecule has 0 saturated heterocycles. The van der Waals surface area contributed by atoms with Gasteiger partial charge in [0.25, 0.3) is 0 Å². The molecule has 1 heterocycles. The topological polar surface area (TPSA) is 72.6 Å². The molecule has 13 heavy (non-hydrogen) atoms. The molecule has 0 fully saturated rings. The first-order valence-electron chi connectivity index (χ1n) is 3.95. The van der Waals surface area contributed by atoms with Crippen LogP contribution >= 0.6 is 0 Å². The normalized spacial score (nSPS) is 12.5. The first kappa shape index (κ1) is 9.73. The van der Waals surface area contributed by atoms with E-state index in [0.717, 1.165) is 0 Å². The summed E-state index contributed by atoms with van der Waals surface area (Å²) in [5, 5.41) is 9.38. The van der Waals surface area contributed by atoms with Gasteiger partial charge in [0.05, 0.1) is 13.0 Å². The van der Waals surface area contributed by atoms with E-state index in [1.165, 1.54) is 12.7 Å². The molecule has 1 atom stereocenters. The van der Waals surface area contributed by atoms with Gasteiger partial charge in [0.15, 0.2) is 6.39 Å². The number of aliphatic hydroxyl groups is 1. The minimum Gasteiger partial charge on any atom is -0.466 e. The van der Waals surface area contributed by atoms with Crippen molar-refractivity contribution >= 4 is 5.97 Å². The summed E-state index contributed by atoms with van der Waals surface area (Å²) in [6.07, 6.45) is 1.45. The van der Waals surface area contributed by atoms with E-state index in [1.54, 1.807) is 6.92 Å². The minimum atomic E-state index is -0.946. The number of ether oxygens (including phenoxy) is 1. The number of aromatic nitrogens is 1. The molecule has 1 unspecified atom stereocenters. The van der Waals surface area contributed by atoms with Gasteiger partial charge < -0.3 is 14.3 Å². The van der Waals surface area contributed by atoms with Crippen LogP contribution in [0.3, 0.4) is 0 Å². The highest BCUT2D eigenvalue weighted by Gasteiger charge is 2.15. The fraction of sp³-hybridized carbons (Fsp3) is 0.500. The molecule has 5 heteroatoms. The van der Waals surface area contributed by atoms with Crippen LogP contribution in [0.25, 0.3) is 0 Å². The molecule has 0 spiro atoms.